The van der Waals surface area contributed by atoms with Crippen molar-refractivity contribution in [2.75, 3.05) is 0 Å². The number of pyridine rings is 1. The Morgan fingerprint density at radius 2 is 2.00 bits per heavy atom. The van der Waals surface area contributed by atoms with Gasteiger partial charge in [-0.2, -0.15) is 9.50 Å². The summed E-state index contributed by atoms with van der Waals surface area (Å²) < 4.78 is 2.93. The van der Waals surface area contributed by atoms with Crippen LogP contribution in [0.5, 0.6) is 0 Å². The first-order valence-electron chi connectivity index (χ1n) is 7.17. The van der Waals surface area contributed by atoms with Gasteiger partial charge < -0.3 is 0 Å². The van der Waals surface area contributed by atoms with Crippen molar-refractivity contribution in [3.63, 3.8) is 0 Å². The molecule has 3 aromatic heterocycles. The SMILES string of the molecule is CCc1nc2nnc3c(=O)n(-c4ccc(Cl)cc4Cl)ccc3n2n1. The van der Waals surface area contributed by atoms with Gasteiger partial charge >= 0.3 is 0 Å². The highest BCUT2D eigenvalue weighted by molar-refractivity contribution is 6.35. The number of halogens is 2. The van der Waals surface area contributed by atoms with Crippen molar-refractivity contribution < 1.29 is 0 Å². The minimum absolute atomic E-state index is 0.184. The molecule has 0 spiro atoms. The number of nitrogens with zero attached hydrogens (tertiary/aromatic N) is 6. The fourth-order valence-electron chi connectivity index (χ4n) is 2.46. The quantitative estimate of drug-likeness (QED) is 0.549. The first-order chi connectivity index (χ1) is 11.6. The molecule has 0 radical (unpaired) electrons. The standard InChI is InChI=1S/C15H10Cl2N6O/c1-2-12-18-15-20-19-13-11(23(15)21-12)5-6-22(14(13)24)10-4-3-8(16)7-9(10)17/h3-7H,2H2,1H3. The van der Waals surface area contributed by atoms with Crippen LogP contribution in [0, 0.1) is 0 Å². The predicted octanol–water partition coefficient (Wildman–Crippen LogP) is 2.69. The minimum Gasteiger partial charge on any atom is -0.281 e. The zero-order valence-corrected chi connectivity index (χ0v) is 14.0. The zero-order chi connectivity index (χ0) is 16.8. The van der Waals surface area contributed by atoms with Crippen LogP contribution in [0.4, 0.5) is 0 Å². The Kier molecular flexibility index (Phi) is 3.47. The van der Waals surface area contributed by atoms with Gasteiger partial charge in [-0.05, 0) is 24.3 Å². The lowest BCUT2D eigenvalue weighted by Crippen LogP contribution is -2.20. The maximum Gasteiger partial charge on any atom is 0.285 e. The van der Waals surface area contributed by atoms with Crippen LogP contribution < -0.4 is 5.56 Å². The summed E-state index contributed by atoms with van der Waals surface area (Å²) >= 11 is 12.1. The van der Waals surface area contributed by atoms with E-state index in [-0.39, 0.29) is 11.1 Å². The Morgan fingerprint density at radius 3 is 2.75 bits per heavy atom. The third-order valence-corrected chi connectivity index (χ3v) is 4.17. The van der Waals surface area contributed by atoms with Crippen LogP contribution in [0.15, 0.2) is 35.3 Å². The summed E-state index contributed by atoms with van der Waals surface area (Å²) in [6.45, 7) is 1.94. The molecule has 0 unspecified atom stereocenters. The summed E-state index contributed by atoms with van der Waals surface area (Å²) in [7, 11) is 0. The molecule has 9 heteroatoms. The number of benzene rings is 1. The van der Waals surface area contributed by atoms with Gasteiger partial charge in [0.1, 0.15) is 5.52 Å². The van der Waals surface area contributed by atoms with Gasteiger partial charge in [-0.3, -0.25) is 9.36 Å². The van der Waals surface area contributed by atoms with Gasteiger partial charge in [0.05, 0.1) is 10.7 Å². The topological polar surface area (TPSA) is 78.0 Å². The van der Waals surface area contributed by atoms with Crippen molar-refractivity contribution in [2.45, 2.75) is 13.3 Å². The fraction of sp³-hybridized carbons (Fsp3) is 0.133. The van der Waals surface area contributed by atoms with E-state index in [2.05, 4.69) is 20.3 Å². The highest BCUT2D eigenvalue weighted by atomic mass is 35.5. The molecule has 0 bridgehead atoms. The van der Waals surface area contributed by atoms with Gasteiger partial charge in [0.2, 0.25) is 0 Å². The molecule has 0 saturated heterocycles. The lowest BCUT2D eigenvalue weighted by molar-refractivity contribution is 0.883. The number of aromatic nitrogens is 6. The Balaban J connectivity index is 2.01. The van der Waals surface area contributed by atoms with E-state index in [9.17, 15) is 4.79 Å². The summed E-state index contributed by atoms with van der Waals surface area (Å²) in [5, 5.41) is 13.2. The van der Waals surface area contributed by atoms with E-state index in [4.69, 9.17) is 23.2 Å². The maximum atomic E-state index is 12.8. The Hall–Kier alpha value is -2.51. The molecule has 0 saturated carbocycles. The summed E-state index contributed by atoms with van der Waals surface area (Å²) in [6, 6.07) is 6.65. The molecule has 0 aliphatic rings. The van der Waals surface area contributed by atoms with E-state index >= 15 is 0 Å². The second-order valence-electron chi connectivity index (χ2n) is 5.11. The van der Waals surface area contributed by atoms with Crippen molar-refractivity contribution in [3.8, 4) is 5.69 Å². The Bertz CT molecular complexity index is 1150. The Morgan fingerprint density at radius 1 is 1.17 bits per heavy atom. The van der Waals surface area contributed by atoms with E-state index in [0.29, 0.717) is 39.3 Å². The molecule has 24 heavy (non-hydrogen) atoms. The van der Waals surface area contributed by atoms with Crippen molar-refractivity contribution in [1.82, 2.24) is 29.4 Å². The van der Waals surface area contributed by atoms with Gasteiger partial charge in [0.15, 0.2) is 11.3 Å². The fourth-order valence-corrected chi connectivity index (χ4v) is 2.96. The zero-order valence-electron chi connectivity index (χ0n) is 12.4. The van der Waals surface area contributed by atoms with E-state index in [1.54, 1.807) is 30.5 Å². The van der Waals surface area contributed by atoms with Crippen LogP contribution in [-0.4, -0.2) is 29.4 Å². The third kappa shape index (κ3) is 2.24. The first kappa shape index (κ1) is 15.0. The van der Waals surface area contributed by atoms with Crippen molar-refractivity contribution >= 4 is 40.0 Å². The van der Waals surface area contributed by atoms with Crippen LogP contribution >= 0.6 is 23.2 Å². The molecule has 1 aromatic carbocycles. The summed E-state index contributed by atoms with van der Waals surface area (Å²) in [5.74, 6) is 1.00. The summed E-state index contributed by atoms with van der Waals surface area (Å²) in [6.07, 6.45) is 2.29. The second kappa shape index (κ2) is 5.54. The minimum atomic E-state index is -0.348. The van der Waals surface area contributed by atoms with Crippen LogP contribution in [0.3, 0.4) is 0 Å². The number of hydrogen-bond donors (Lipinski definition) is 0. The van der Waals surface area contributed by atoms with Gasteiger partial charge in [-0.25, -0.2) is 0 Å². The molecular formula is C15H10Cl2N6O. The summed E-state index contributed by atoms with van der Waals surface area (Å²) in [5.41, 5.74) is 0.893. The smallest absolute Gasteiger partial charge is 0.281 e. The molecule has 4 rings (SSSR count). The van der Waals surface area contributed by atoms with Gasteiger partial charge in [-0.15, -0.1) is 15.3 Å². The summed E-state index contributed by atoms with van der Waals surface area (Å²) in [4.78, 5) is 17.0. The Labute approximate surface area is 145 Å². The van der Waals surface area contributed by atoms with Gasteiger partial charge in [-0.1, -0.05) is 30.1 Å². The van der Waals surface area contributed by atoms with Crippen molar-refractivity contribution in [1.29, 1.82) is 0 Å². The highest BCUT2D eigenvalue weighted by Crippen LogP contribution is 2.23. The molecule has 0 N–H and O–H groups in total. The lowest BCUT2D eigenvalue weighted by atomic mass is 10.3. The van der Waals surface area contributed by atoms with E-state index < -0.39 is 0 Å². The predicted molar refractivity (Wildman–Crippen MR) is 91.1 cm³/mol. The molecule has 4 aromatic rings. The normalized spacial score (nSPS) is 11.5. The number of hydrogen-bond acceptors (Lipinski definition) is 5. The van der Waals surface area contributed by atoms with Crippen molar-refractivity contribution in [3.05, 3.63) is 56.7 Å². The van der Waals surface area contributed by atoms with Gasteiger partial charge in [0, 0.05) is 17.6 Å². The van der Waals surface area contributed by atoms with E-state index in [1.807, 2.05) is 6.92 Å². The molecule has 0 aliphatic carbocycles. The number of rotatable bonds is 2. The van der Waals surface area contributed by atoms with E-state index in [0.717, 1.165) is 0 Å². The molecule has 3 heterocycles. The number of fused-ring (bicyclic) bond motifs is 3. The molecule has 7 nitrogen and oxygen atoms in total. The number of aryl methyl sites for hydroxylation is 1. The van der Waals surface area contributed by atoms with Crippen LogP contribution in [0.1, 0.15) is 12.7 Å². The third-order valence-electron chi connectivity index (χ3n) is 3.63. The van der Waals surface area contributed by atoms with Crippen LogP contribution in [0.2, 0.25) is 10.0 Å². The van der Waals surface area contributed by atoms with Gasteiger partial charge in [0.25, 0.3) is 11.3 Å². The molecule has 0 aliphatic heterocycles. The highest BCUT2D eigenvalue weighted by Gasteiger charge is 2.14. The second-order valence-corrected chi connectivity index (χ2v) is 5.96. The maximum absolute atomic E-state index is 12.8. The van der Waals surface area contributed by atoms with Crippen molar-refractivity contribution in [2.24, 2.45) is 0 Å². The lowest BCUT2D eigenvalue weighted by Gasteiger charge is -2.09. The molecule has 0 fully saturated rings. The average Bonchev–Trinajstić information content (AvgIpc) is 2.99. The molecule has 0 amide bonds. The largest absolute Gasteiger partial charge is 0.285 e. The van der Waals surface area contributed by atoms with Crippen LogP contribution in [0.25, 0.3) is 22.5 Å². The molecule has 0 atom stereocenters. The van der Waals surface area contributed by atoms with Crippen LogP contribution in [-0.2, 0) is 6.42 Å². The first-order valence-corrected chi connectivity index (χ1v) is 7.93. The molecular weight excluding hydrogens is 351 g/mol. The molecule has 120 valence electrons. The monoisotopic (exact) mass is 360 g/mol. The average molecular weight is 361 g/mol. The van der Waals surface area contributed by atoms with E-state index in [1.165, 1.54) is 9.08 Å².